The second kappa shape index (κ2) is 11.1. The van der Waals surface area contributed by atoms with Crippen molar-refractivity contribution in [3.63, 3.8) is 0 Å². The van der Waals surface area contributed by atoms with Crippen LogP contribution in [0.5, 0.6) is 0 Å². The van der Waals surface area contributed by atoms with E-state index in [2.05, 4.69) is 58.5 Å². The van der Waals surface area contributed by atoms with E-state index in [1.54, 1.807) is 4.68 Å². The molecular weight excluding hydrogens is 487 g/mol. The van der Waals surface area contributed by atoms with E-state index in [1.807, 2.05) is 51.1 Å². The molecule has 200 valence electrons. The van der Waals surface area contributed by atoms with Gasteiger partial charge in [-0.3, -0.25) is 4.90 Å². The van der Waals surface area contributed by atoms with Crippen molar-refractivity contribution in [3.05, 3.63) is 113 Å². The van der Waals surface area contributed by atoms with Crippen LogP contribution >= 0.6 is 0 Å². The number of alkyl halides is 3. The summed E-state index contributed by atoms with van der Waals surface area (Å²) in [6.07, 6.45) is -4.41. The van der Waals surface area contributed by atoms with Crippen molar-refractivity contribution in [1.82, 2.24) is 25.1 Å². The first kappa shape index (κ1) is 27.5. The van der Waals surface area contributed by atoms with Crippen molar-refractivity contribution in [3.8, 4) is 0 Å². The van der Waals surface area contributed by atoms with Crippen LogP contribution in [0.2, 0.25) is 0 Å². The van der Waals surface area contributed by atoms with Crippen molar-refractivity contribution in [2.45, 2.75) is 71.4 Å². The quantitative estimate of drug-likeness (QED) is 0.243. The maximum Gasteiger partial charge on any atom is 0.416 e. The molecule has 0 saturated heterocycles. The Balaban J connectivity index is 1.84. The third-order valence-electron chi connectivity index (χ3n) is 6.55. The molecule has 1 heterocycles. The first-order valence-electron chi connectivity index (χ1n) is 12.8. The van der Waals surface area contributed by atoms with Crippen LogP contribution in [0, 0.1) is 0 Å². The molecule has 0 bridgehead atoms. The zero-order valence-electron chi connectivity index (χ0n) is 22.4. The van der Waals surface area contributed by atoms with Crippen LogP contribution in [0.3, 0.4) is 0 Å². The lowest BCUT2D eigenvalue weighted by atomic mass is 9.98. The Hall–Kier alpha value is -3.52. The average Bonchev–Trinajstić information content (AvgIpc) is 3.35. The molecule has 5 nitrogen and oxygen atoms in total. The highest BCUT2D eigenvalue weighted by Gasteiger charge is 2.34. The number of hydrogen-bond acceptors (Lipinski definition) is 4. The van der Waals surface area contributed by atoms with Crippen LogP contribution in [-0.4, -0.2) is 25.1 Å². The van der Waals surface area contributed by atoms with Gasteiger partial charge in [0.05, 0.1) is 17.1 Å². The minimum absolute atomic E-state index is 0.417. The zero-order valence-corrected chi connectivity index (χ0v) is 22.4. The summed E-state index contributed by atoms with van der Waals surface area (Å²) in [6, 6.07) is 23.4. The molecule has 0 radical (unpaired) electrons. The Labute approximate surface area is 222 Å². The number of aromatic nitrogens is 4. The molecule has 0 spiro atoms. The molecule has 0 N–H and O–H groups in total. The van der Waals surface area contributed by atoms with Gasteiger partial charge < -0.3 is 0 Å². The second-order valence-electron chi connectivity index (χ2n) is 10.9. The van der Waals surface area contributed by atoms with E-state index in [1.165, 1.54) is 17.7 Å². The number of benzene rings is 3. The number of rotatable bonds is 8. The van der Waals surface area contributed by atoms with E-state index in [-0.39, 0.29) is 0 Å². The van der Waals surface area contributed by atoms with Crippen molar-refractivity contribution < 1.29 is 13.2 Å². The van der Waals surface area contributed by atoms with Gasteiger partial charge in [0.2, 0.25) is 0 Å². The van der Waals surface area contributed by atoms with Gasteiger partial charge in [-0.1, -0.05) is 80.6 Å². The molecule has 1 aromatic heterocycles. The van der Waals surface area contributed by atoms with Gasteiger partial charge in [-0.25, -0.2) is 4.68 Å². The van der Waals surface area contributed by atoms with Gasteiger partial charge in [0.15, 0.2) is 5.82 Å². The van der Waals surface area contributed by atoms with E-state index in [0.717, 1.165) is 23.3 Å². The lowest BCUT2D eigenvalue weighted by molar-refractivity contribution is -0.137. The van der Waals surface area contributed by atoms with Crippen LogP contribution in [0.15, 0.2) is 78.9 Å². The summed E-state index contributed by atoms with van der Waals surface area (Å²) in [7, 11) is 0. The zero-order chi connectivity index (χ0) is 27.5. The fraction of sp³-hybridized carbons (Fsp3) is 0.367. The molecule has 0 aliphatic rings. The van der Waals surface area contributed by atoms with Gasteiger partial charge in [-0.15, -0.1) is 5.10 Å². The highest BCUT2D eigenvalue weighted by Crippen LogP contribution is 2.35. The third-order valence-corrected chi connectivity index (χ3v) is 6.55. The minimum Gasteiger partial charge on any atom is -0.281 e. The van der Waals surface area contributed by atoms with Crippen molar-refractivity contribution in [1.29, 1.82) is 0 Å². The minimum atomic E-state index is -4.41. The molecule has 0 unspecified atom stereocenters. The van der Waals surface area contributed by atoms with Gasteiger partial charge in [-0.2, -0.15) is 13.2 Å². The fourth-order valence-electron chi connectivity index (χ4n) is 4.52. The summed E-state index contributed by atoms with van der Waals surface area (Å²) >= 11 is 0. The Kier molecular flexibility index (Phi) is 8.02. The molecule has 0 aliphatic heterocycles. The largest absolute Gasteiger partial charge is 0.416 e. The van der Waals surface area contributed by atoms with E-state index in [4.69, 9.17) is 0 Å². The Morgan fingerprint density at radius 3 is 1.84 bits per heavy atom. The Bertz CT molecular complexity index is 1310. The summed E-state index contributed by atoms with van der Waals surface area (Å²) in [5, 5.41) is 12.7. The number of tetrazole rings is 1. The normalized spacial score (nSPS) is 13.3. The highest BCUT2D eigenvalue weighted by atomic mass is 19.4. The molecule has 38 heavy (non-hydrogen) atoms. The lowest BCUT2D eigenvalue weighted by Crippen LogP contribution is -2.35. The summed E-state index contributed by atoms with van der Waals surface area (Å²) in [5.74, 6) is 0.993. The standard InChI is InChI=1S/C30H34F3N5/c1-21(2)24-13-11-23(12-14-24)20-37(19-22-9-7-6-8-10-22)27(28-34-35-36-38(28)29(3,4)5)25-15-17-26(18-16-25)30(31,32)33/h6-18,21,27H,19-20H2,1-5H3/t27-/m1/s1. The van der Waals surface area contributed by atoms with E-state index in [9.17, 15) is 13.2 Å². The smallest absolute Gasteiger partial charge is 0.281 e. The lowest BCUT2D eigenvalue weighted by Gasteiger charge is -2.33. The predicted molar refractivity (Wildman–Crippen MR) is 142 cm³/mol. The van der Waals surface area contributed by atoms with Crippen molar-refractivity contribution >= 4 is 0 Å². The molecule has 1 atom stereocenters. The first-order chi connectivity index (χ1) is 17.9. The molecule has 0 amide bonds. The van der Waals surface area contributed by atoms with Crippen molar-refractivity contribution in [2.24, 2.45) is 0 Å². The monoisotopic (exact) mass is 521 g/mol. The highest BCUT2D eigenvalue weighted by molar-refractivity contribution is 5.32. The summed E-state index contributed by atoms with van der Waals surface area (Å²) in [5.41, 5.74) is 3.00. The maximum absolute atomic E-state index is 13.4. The molecular formula is C30H34F3N5. The van der Waals surface area contributed by atoms with Gasteiger partial charge >= 0.3 is 6.18 Å². The summed E-state index contributed by atoms with van der Waals surface area (Å²) < 4.78 is 41.9. The SMILES string of the molecule is CC(C)c1ccc(CN(Cc2ccccc2)[C@H](c2ccc(C(F)(F)F)cc2)c2nnnn2C(C)(C)C)cc1. The van der Waals surface area contributed by atoms with Crippen LogP contribution < -0.4 is 0 Å². The summed E-state index contributed by atoms with van der Waals surface area (Å²) in [4.78, 5) is 2.22. The molecule has 4 rings (SSSR count). The topological polar surface area (TPSA) is 46.8 Å². The van der Waals surface area contributed by atoms with Gasteiger partial charge in [0.1, 0.15) is 0 Å². The van der Waals surface area contributed by atoms with E-state index in [0.29, 0.717) is 30.4 Å². The van der Waals surface area contributed by atoms with Gasteiger partial charge in [0, 0.05) is 13.1 Å². The predicted octanol–water partition coefficient (Wildman–Crippen LogP) is 7.36. The second-order valence-corrected chi connectivity index (χ2v) is 10.9. The third kappa shape index (κ3) is 6.48. The van der Waals surface area contributed by atoms with Crippen molar-refractivity contribution in [2.75, 3.05) is 0 Å². The first-order valence-corrected chi connectivity index (χ1v) is 12.8. The van der Waals surface area contributed by atoms with Gasteiger partial charge in [0.25, 0.3) is 0 Å². The average molecular weight is 522 g/mol. The summed E-state index contributed by atoms with van der Waals surface area (Å²) in [6.45, 7) is 11.4. The maximum atomic E-state index is 13.4. The van der Waals surface area contributed by atoms with Crippen LogP contribution in [0.4, 0.5) is 13.2 Å². The Morgan fingerprint density at radius 2 is 1.32 bits per heavy atom. The number of nitrogens with zero attached hydrogens (tertiary/aromatic N) is 5. The van der Waals surface area contributed by atoms with Crippen LogP contribution in [-0.2, 0) is 24.8 Å². The van der Waals surface area contributed by atoms with Gasteiger partial charge in [-0.05, 0) is 71.5 Å². The molecule has 3 aromatic carbocycles. The number of halogens is 3. The molecule has 0 aliphatic carbocycles. The molecule has 4 aromatic rings. The van der Waals surface area contributed by atoms with Crippen LogP contribution in [0.1, 0.15) is 80.2 Å². The molecule has 0 saturated carbocycles. The van der Waals surface area contributed by atoms with Crippen LogP contribution in [0.25, 0.3) is 0 Å². The molecule has 0 fully saturated rings. The number of hydrogen-bond donors (Lipinski definition) is 0. The molecule has 8 heteroatoms. The fourth-order valence-corrected chi connectivity index (χ4v) is 4.52. The Morgan fingerprint density at radius 1 is 0.763 bits per heavy atom. The van der Waals surface area contributed by atoms with E-state index >= 15 is 0 Å². The van der Waals surface area contributed by atoms with E-state index < -0.39 is 23.3 Å².